The third-order valence-corrected chi connectivity index (χ3v) is 12.9. The van der Waals surface area contributed by atoms with E-state index in [4.69, 9.17) is 9.47 Å². The quantitative estimate of drug-likeness (QED) is 0.389. The van der Waals surface area contributed by atoms with Crippen LogP contribution in [0.15, 0.2) is 12.1 Å². The summed E-state index contributed by atoms with van der Waals surface area (Å²) in [4.78, 5) is 16.0. The summed E-state index contributed by atoms with van der Waals surface area (Å²) in [6, 6.07) is 4.09. The summed E-state index contributed by atoms with van der Waals surface area (Å²) in [6.45, 7) is 2.12. The molecule has 182 valence electrons. The monoisotopic (exact) mass is 821 g/mol. The number of rotatable bonds is 9. The predicted molar refractivity (Wildman–Crippen MR) is 127 cm³/mol. The number of likely N-dealkylation sites (tertiary alicyclic amines) is 1. The van der Waals surface area contributed by atoms with Crippen molar-refractivity contribution in [3.05, 3.63) is 23.3 Å². The Morgan fingerprint density at radius 1 is 1.26 bits per heavy atom. The van der Waals surface area contributed by atoms with E-state index in [2.05, 4.69) is 20.2 Å². The van der Waals surface area contributed by atoms with Crippen molar-refractivity contribution in [2.45, 2.75) is 80.9 Å². The van der Waals surface area contributed by atoms with Gasteiger partial charge in [0.15, 0.2) is 0 Å². The van der Waals surface area contributed by atoms with Crippen LogP contribution in [-0.2, 0) is 60.1 Å². The summed E-state index contributed by atoms with van der Waals surface area (Å²) in [7, 11) is 2.84. The van der Waals surface area contributed by atoms with Crippen LogP contribution in [0.2, 0.25) is 0 Å². The minimum absolute atomic E-state index is 0.167. The molecule has 0 amide bonds. The molecule has 1 aromatic carbocycles. The first-order valence-electron chi connectivity index (χ1n) is 12.6. The van der Waals surface area contributed by atoms with Gasteiger partial charge in [-0.15, -0.1) is 0 Å². The third-order valence-electron chi connectivity index (χ3n) is 8.88. The van der Waals surface area contributed by atoms with E-state index >= 15 is 0 Å². The molecule has 2 saturated carbocycles. The van der Waals surface area contributed by atoms with Crippen molar-refractivity contribution in [1.82, 2.24) is 4.90 Å². The Hall–Kier alpha value is -0.0434. The van der Waals surface area contributed by atoms with Crippen LogP contribution in [0.25, 0.3) is 0 Å². The van der Waals surface area contributed by atoms with Crippen LogP contribution in [-0.4, -0.2) is 60.8 Å². The molecular weight excluding hydrogens is 789 g/mol. The molecule has 34 heavy (non-hydrogen) atoms. The van der Waals surface area contributed by atoms with Crippen molar-refractivity contribution in [2.24, 2.45) is 5.92 Å². The van der Waals surface area contributed by atoms with Crippen LogP contribution >= 0.6 is 9.24 Å². The third kappa shape index (κ3) is 3.62. The van der Waals surface area contributed by atoms with Gasteiger partial charge in [-0.2, -0.15) is 0 Å². The van der Waals surface area contributed by atoms with Crippen LogP contribution in [0.1, 0.15) is 62.5 Å². The van der Waals surface area contributed by atoms with Crippen LogP contribution < -0.4 is 4.74 Å². The zero-order valence-corrected chi connectivity index (χ0v) is 26.4. The fourth-order valence-electron chi connectivity index (χ4n) is 7.23. The number of Topliss-reactive ketones (excluding diaryl/α,β-unsaturated/α-hetero) is 1. The van der Waals surface area contributed by atoms with E-state index in [1.165, 1.54) is 48.3 Å². The van der Waals surface area contributed by atoms with Gasteiger partial charge in [0.1, 0.15) is 0 Å². The molecule has 2 bridgehead atoms. The topological polar surface area (TPSA) is 59.0 Å². The molecule has 1 saturated heterocycles. The molecule has 2 aliphatic heterocycles. The van der Waals surface area contributed by atoms with Gasteiger partial charge in [0.2, 0.25) is 0 Å². The van der Waals surface area contributed by atoms with E-state index in [0.717, 1.165) is 62.8 Å². The van der Waals surface area contributed by atoms with Crippen molar-refractivity contribution in [1.29, 1.82) is 0 Å². The molecule has 2 heterocycles. The number of hydrogen-bond acceptors (Lipinski definition) is 5. The maximum absolute atomic E-state index is 13.3. The van der Waals surface area contributed by atoms with Gasteiger partial charge < -0.3 is 0 Å². The molecule has 0 radical (unpaired) electrons. The number of hydrogen-bond donors (Lipinski definition) is 1. The van der Waals surface area contributed by atoms with E-state index in [9.17, 15) is 9.90 Å². The fraction of sp³-hybridized carbons (Fsp3) is 0.654. The molecule has 5 atom stereocenters. The molecule has 3 aliphatic carbocycles. The Morgan fingerprint density at radius 3 is 2.85 bits per heavy atom. The molecule has 1 spiro atoms. The molecule has 1 N–H and O–H groups in total. The van der Waals surface area contributed by atoms with Crippen LogP contribution in [0.5, 0.6) is 11.5 Å². The van der Waals surface area contributed by atoms with Gasteiger partial charge in [-0.25, -0.2) is 0 Å². The fourth-order valence-corrected chi connectivity index (χ4v) is 9.00. The summed E-state index contributed by atoms with van der Waals surface area (Å²) < 4.78 is 16.4. The van der Waals surface area contributed by atoms with Crippen molar-refractivity contribution < 1.29 is 58.1 Å². The summed E-state index contributed by atoms with van der Waals surface area (Å²) in [6.07, 6.45) is 9.55. The molecule has 8 heteroatoms. The molecule has 5 nitrogen and oxygen atoms in total. The normalized spacial score (nSPS) is 33.4. The second-order valence-corrected chi connectivity index (χ2v) is 14.9. The molecule has 1 aromatic rings. The Balaban J connectivity index is 1.42. The SMILES string of the molecule is O=C1CC[C@@]2(O[C](=[W])CCC[C](=[W])CP)[C@H]3Cc4ccc(O)c5c4[C@@]2(CCN3CC2CC2)[C@H]1O5. The van der Waals surface area contributed by atoms with Gasteiger partial charge >= 0.3 is 227 Å². The summed E-state index contributed by atoms with van der Waals surface area (Å²) in [5.41, 5.74) is 1.40. The number of ether oxygens (including phenoxy) is 2. The number of piperidine rings is 1. The van der Waals surface area contributed by atoms with Crippen molar-refractivity contribution in [3.8, 4) is 11.5 Å². The van der Waals surface area contributed by atoms with Crippen molar-refractivity contribution in [3.63, 3.8) is 0 Å². The minimum atomic E-state index is -0.534. The summed E-state index contributed by atoms with van der Waals surface area (Å²) >= 11 is 2.99. The average Bonchev–Trinajstić information content (AvgIpc) is 3.56. The number of aromatic hydroxyl groups is 1. The number of ketones is 1. The molecule has 3 fully saturated rings. The second kappa shape index (κ2) is 9.06. The van der Waals surface area contributed by atoms with E-state index in [1.54, 1.807) is 29.3 Å². The second-order valence-electron chi connectivity index (χ2n) is 10.8. The number of benzene rings is 1. The van der Waals surface area contributed by atoms with Crippen LogP contribution in [0.4, 0.5) is 0 Å². The van der Waals surface area contributed by atoms with E-state index in [1.807, 2.05) is 0 Å². The van der Waals surface area contributed by atoms with Gasteiger partial charge in [-0.05, 0) is 0 Å². The van der Waals surface area contributed by atoms with E-state index < -0.39 is 17.1 Å². The first-order valence-corrected chi connectivity index (χ1v) is 16.4. The van der Waals surface area contributed by atoms with Gasteiger partial charge in [0.25, 0.3) is 0 Å². The first-order chi connectivity index (χ1) is 16.4. The van der Waals surface area contributed by atoms with Crippen molar-refractivity contribution in [2.75, 3.05) is 19.3 Å². The number of phenols is 1. The number of carbonyl (C=O) groups excluding carboxylic acids is 1. The zero-order valence-electron chi connectivity index (χ0n) is 19.4. The predicted octanol–water partition coefficient (Wildman–Crippen LogP) is 2.99. The van der Waals surface area contributed by atoms with Gasteiger partial charge in [-0.3, -0.25) is 0 Å². The summed E-state index contributed by atoms with van der Waals surface area (Å²) in [5, 5.41) is 10.7. The molecular formula is C26H32NO4PW2. The van der Waals surface area contributed by atoms with Gasteiger partial charge in [-0.1, -0.05) is 0 Å². The Morgan fingerprint density at radius 2 is 2.09 bits per heavy atom. The number of nitrogens with zero attached hydrogens (tertiary/aromatic N) is 1. The van der Waals surface area contributed by atoms with Gasteiger partial charge in [0.05, 0.1) is 0 Å². The molecule has 5 aliphatic rings. The Bertz CT molecular complexity index is 1080. The number of phenolic OH excluding ortho intramolecular Hbond substituents is 1. The first kappa shape index (κ1) is 24.3. The van der Waals surface area contributed by atoms with E-state index in [0.29, 0.717) is 12.2 Å². The average molecular weight is 821 g/mol. The Kier molecular flexibility index (Phi) is 6.47. The van der Waals surface area contributed by atoms with Crippen LogP contribution in [0.3, 0.4) is 0 Å². The summed E-state index contributed by atoms with van der Waals surface area (Å²) in [5.74, 6) is 1.71. The zero-order chi connectivity index (χ0) is 23.7. The standard InChI is InChI=1S/C26H32NO4P.2W/c28-19-8-7-18-15-21-26(30-13-3-1-2-4-14-32)10-9-20(29)24-25(26,22(18)23(19)31-24)11-12-27(21)16-17-5-6-17;;/h7-8,17,21,24,28H,1-3,5-6,9-12,14-16,32H2;;/t21-,24+,25+,26-;;/m1../s1. The molecule has 6 rings (SSSR count). The van der Waals surface area contributed by atoms with E-state index in [-0.39, 0.29) is 17.6 Å². The molecule has 0 aromatic heterocycles. The van der Waals surface area contributed by atoms with Crippen molar-refractivity contribution >= 4 is 23.0 Å². The van der Waals surface area contributed by atoms with Crippen LogP contribution in [0, 0.1) is 5.92 Å². The Labute approximate surface area is 225 Å². The molecule has 1 unspecified atom stereocenters. The number of carbonyl (C=O) groups is 1. The maximum atomic E-state index is 13.3. The van der Waals surface area contributed by atoms with Gasteiger partial charge in [0, 0.05) is 0 Å².